The Morgan fingerprint density at radius 1 is 1.14 bits per heavy atom. The molecule has 3 heteroatoms. The van der Waals surface area contributed by atoms with E-state index in [9.17, 15) is 0 Å². The second-order valence-corrected chi connectivity index (χ2v) is 6.25. The minimum atomic E-state index is 0.321. The first kappa shape index (κ1) is 14.4. The van der Waals surface area contributed by atoms with Crippen molar-refractivity contribution in [2.75, 3.05) is 18.0 Å². The van der Waals surface area contributed by atoms with E-state index in [-0.39, 0.29) is 0 Å². The van der Waals surface area contributed by atoms with Crippen molar-refractivity contribution in [3.63, 3.8) is 0 Å². The molecule has 2 unspecified atom stereocenters. The van der Waals surface area contributed by atoms with Crippen LogP contribution in [-0.2, 0) is 0 Å². The highest BCUT2D eigenvalue weighted by atomic mass is 35.5. The number of aryl methyl sites for hydroxylation is 1. The van der Waals surface area contributed by atoms with E-state index < -0.39 is 0 Å². The average molecular weight is 301 g/mol. The van der Waals surface area contributed by atoms with Gasteiger partial charge in [0.05, 0.1) is 16.8 Å². The molecule has 1 fully saturated rings. The maximum Gasteiger partial charge on any atom is 0.0668 e. The van der Waals surface area contributed by atoms with E-state index in [2.05, 4.69) is 66.5 Å². The van der Waals surface area contributed by atoms with Gasteiger partial charge in [-0.15, -0.1) is 0 Å². The van der Waals surface area contributed by atoms with Crippen molar-refractivity contribution in [2.45, 2.75) is 25.9 Å². The molecule has 0 spiro atoms. The monoisotopic (exact) mass is 300 g/mol. The molecule has 0 aromatic heterocycles. The van der Waals surface area contributed by atoms with Crippen molar-refractivity contribution in [3.05, 3.63) is 64.7 Å². The summed E-state index contributed by atoms with van der Waals surface area (Å²) in [6.45, 7) is 6.24. The van der Waals surface area contributed by atoms with Crippen molar-refractivity contribution in [3.8, 4) is 0 Å². The van der Waals surface area contributed by atoms with E-state index in [4.69, 9.17) is 11.6 Å². The molecule has 2 atom stereocenters. The first-order chi connectivity index (χ1) is 10.1. The molecule has 1 aliphatic rings. The van der Waals surface area contributed by atoms with E-state index in [1.54, 1.807) is 0 Å². The van der Waals surface area contributed by atoms with Crippen LogP contribution in [0.2, 0.25) is 5.02 Å². The number of hydrogen-bond donors (Lipinski definition) is 1. The summed E-state index contributed by atoms with van der Waals surface area (Å²) < 4.78 is 0. The van der Waals surface area contributed by atoms with Gasteiger partial charge in [0.1, 0.15) is 0 Å². The van der Waals surface area contributed by atoms with E-state index in [0.29, 0.717) is 12.1 Å². The summed E-state index contributed by atoms with van der Waals surface area (Å²) in [5.74, 6) is 0. The minimum absolute atomic E-state index is 0.321. The highest BCUT2D eigenvalue weighted by molar-refractivity contribution is 6.33. The molecule has 0 amide bonds. The topological polar surface area (TPSA) is 15.3 Å². The van der Waals surface area contributed by atoms with Crippen molar-refractivity contribution in [1.82, 2.24) is 5.32 Å². The van der Waals surface area contributed by atoms with Crippen LogP contribution in [0.5, 0.6) is 0 Å². The lowest BCUT2D eigenvalue weighted by Crippen LogP contribution is -2.51. The molecule has 2 nitrogen and oxygen atoms in total. The predicted molar refractivity (Wildman–Crippen MR) is 90.2 cm³/mol. The highest BCUT2D eigenvalue weighted by Crippen LogP contribution is 2.34. The Morgan fingerprint density at radius 3 is 2.67 bits per heavy atom. The fourth-order valence-electron chi connectivity index (χ4n) is 2.99. The number of benzene rings is 2. The lowest BCUT2D eigenvalue weighted by molar-refractivity contribution is 0.416. The maximum atomic E-state index is 6.47. The molecule has 3 rings (SSSR count). The average Bonchev–Trinajstić information content (AvgIpc) is 2.50. The van der Waals surface area contributed by atoms with Gasteiger partial charge < -0.3 is 10.2 Å². The van der Waals surface area contributed by atoms with Crippen LogP contribution in [0.15, 0.2) is 48.5 Å². The molecule has 1 saturated heterocycles. The van der Waals surface area contributed by atoms with Crippen molar-refractivity contribution < 1.29 is 0 Å². The fraction of sp³-hybridized carbons (Fsp3) is 0.333. The molecule has 0 bridgehead atoms. The first-order valence-electron chi connectivity index (χ1n) is 7.46. The Morgan fingerprint density at radius 2 is 1.90 bits per heavy atom. The fourth-order valence-corrected chi connectivity index (χ4v) is 3.22. The number of rotatable bonds is 2. The van der Waals surface area contributed by atoms with Crippen molar-refractivity contribution >= 4 is 17.3 Å². The summed E-state index contributed by atoms with van der Waals surface area (Å²) in [4.78, 5) is 2.44. The van der Waals surface area contributed by atoms with Crippen LogP contribution in [0.4, 0.5) is 5.69 Å². The number of nitrogens with zero attached hydrogens (tertiary/aromatic N) is 1. The van der Waals surface area contributed by atoms with Gasteiger partial charge in [-0.3, -0.25) is 0 Å². The molecule has 1 aliphatic heterocycles. The SMILES string of the molecule is Cc1ccc(Cl)c(N2CC(C)NCC2c2ccccc2)c1. The van der Waals surface area contributed by atoms with Crippen LogP contribution >= 0.6 is 11.6 Å². The molecule has 1 heterocycles. The lowest BCUT2D eigenvalue weighted by Gasteiger charge is -2.41. The van der Waals surface area contributed by atoms with Crippen LogP contribution in [-0.4, -0.2) is 19.1 Å². The zero-order valence-corrected chi connectivity index (χ0v) is 13.3. The third-order valence-corrected chi connectivity index (χ3v) is 4.42. The van der Waals surface area contributed by atoms with E-state index >= 15 is 0 Å². The predicted octanol–water partition coefficient (Wildman–Crippen LogP) is 4.19. The van der Waals surface area contributed by atoms with Gasteiger partial charge >= 0.3 is 0 Å². The van der Waals surface area contributed by atoms with E-state index in [1.807, 2.05) is 6.07 Å². The summed E-state index contributed by atoms with van der Waals surface area (Å²) >= 11 is 6.47. The van der Waals surface area contributed by atoms with Gasteiger partial charge in [0.15, 0.2) is 0 Å². The number of halogens is 1. The minimum Gasteiger partial charge on any atom is -0.360 e. The maximum absolute atomic E-state index is 6.47. The number of anilines is 1. The summed E-state index contributed by atoms with van der Waals surface area (Å²) in [6.07, 6.45) is 0. The Balaban J connectivity index is 2.00. The van der Waals surface area contributed by atoms with Crippen molar-refractivity contribution in [1.29, 1.82) is 0 Å². The molecule has 2 aromatic rings. The molecule has 0 saturated carbocycles. The smallest absolute Gasteiger partial charge is 0.0668 e. The number of piperazine rings is 1. The number of hydrogen-bond acceptors (Lipinski definition) is 2. The van der Waals surface area contributed by atoms with Gasteiger partial charge in [-0.05, 0) is 37.1 Å². The molecule has 21 heavy (non-hydrogen) atoms. The molecule has 0 aliphatic carbocycles. The van der Waals surface area contributed by atoms with E-state index in [0.717, 1.165) is 23.8 Å². The number of nitrogens with one attached hydrogen (secondary N) is 1. The third kappa shape index (κ3) is 3.07. The molecule has 110 valence electrons. The Hall–Kier alpha value is -1.51. The Labute approximate surface area is 131 Å². The van der Waals surface area contributed by atoms with E-state index in [1.165, 1.54) is 11.1 Å². The Kier molecular flexibility index (Phi) is 4.18. The summed E-state index contributed by atoms with van der Waals surface area (Å²) in [7, 11) is 0. The summed E-state index contributed by atoms with van der Waals surface area (Å²) in [6, 6.07) is 17.7. The normalized spacial score (nSPS) is 22.3. The van der Waals surface area contributed by atoms with Crippen LogP contribution in [0.3, 0.4) is 0 Å². The zero-order chi connectivity index (χ0) is 14.8. The van der Waals surface area contributed by atoms with Gasteiger partial charge in [0.25, 0.3) is 0 Å². The standard InChI is InChI=1S/C18H21ClN2/c1-13-8-9-16(19)17(10-13)21-12-14(2)20-11-18(21)15-6-4-3-5-7-15/h3-10,14,18,20H,11-12H2,1-2H3. The quantitative estimate of drug-likeness (QED) is 0.895. The van der Waals surface area contributed by atoms with Gasteiger partial charge in [-0.1, -0.05) is 48.0 Å². The van der Waals surface area contributed by atoms with Gasteiger partial charge in [-0.25, -0.2) is 0 Å². The largest absolute Gasteiger partial charge is 0.360 e. The Bertz CT molecular complexity index is 612. The second-order valence-electron chi connectivity index (χ2n) is 5.84. The third-order valence-electron chi connectivity index (χ3n) is 4.10. The molecular weight excluding hydrogens is 280 g/mol. The molecule has 1 N–H and O–H groups in total. The molecular formula is C18H21ClN2. The second kappa shape index (κ2) is 6.08. The molecule has 2 aromatic carbocycles. The summed E-state index contributed by atoms with van der Waals surface area (Å²) in [5, 5.41) is 4.41. The van der Waals surface area contributed by atoms with Crippen molar-refractivity contribution in [2.24, 2.45) is 0 Å². The van der Waals surface area contributed by atoms with Gasteiger partial charge in [0.2, 0.25) is 0 Å². The van der Waals surface area contributed by atoms with Crippen LogP contribution in [0, 0.1) is 6.92 Å². The lowest BCUT2D eigenvalue weighted by atomic mass is 10.00. The highest BCUT2D eigenvalue weighted by Gasteiger charge is 2.28. The van der Waals surface area contributed by atoms with Crippen LogP contribution < -0.4 is 10.2 Å². The van der Waals surface area contributed by atoms with Crippen LogP contribution in [0.1, 0.15) is 24.1 Å². The molecule has 0 radical (unpaired) electrons. The zero-order valence-electron chi connectivity index (χ0n) is 12.5. The van der Waals surface area contributed by atoms with Gasteiger partial charge in [-0.2, -0.15) is 0 Å². The van der Waals surface area contributed by atoms with Crippen LogP contribution in [0.25, 0.3) is 0 Å². The van der Waals surface area contributed by atoms with Gasteiger partial charge in [0, 0.05) is 19.1 Å². The first-order valence-corrected chi connectivity index (χ1v) is 7.84. The summed E-state index contributed by atoms with van der Waals surface area (Å²) in [5.41, 5.74) is 3.71.